The Morgan fingerprint density at radius 2 is 2.24 bits per heavy atom. The highest BCUT2D eigenvalue weighted by atomic mass is 16.1. The molecule has 5 nitrogen and oxygen atoms in total. The number of primary amides is 1. The van der Waals surface area contributed by atoms with E-state index in [-0.39, 0.29) is 5.92 Å². The minimum atomic E-state index is -0.455. The number of nitrogens with zero attached hydrogens (tertiary/aromatic N) is 3. The van der Waals surface area contributed by atoms with E-state index in [1.54, 1.807) is 23.3 Å². The van der Waals surface area contributed by atoms with Gasteiger partial charge in [-0.25, -0.2) is 4.68 Å². The lowest BCUT2D eigenvalue weighted by atomic mass is 10.1. The van der Waals surface area contributed by atoms with E-state index in [9.17, 15) is 4.79 Å². The first kappa shape index (κ1) is 11.3. The summed E-state index contributed by atoms with van der Waals surface area (Å²) < 4.78 is 1.63. The summed E-state index contributed by atoms with van der Waals surface area (Å²) >= 11 is 0. The molecule has 0 aliphatic heterocycles. The molecule has 0 aliphatic carbocycles. The molecule has 0 fully saturated rings. The van der Waals surface area contributed by atoms with Crippen molar-refractivity contribution in [3.63, 3.8) is 0 Å². The highest BCUT2D eigenvalue weighted by Crippen LogP contribution is 2.19. The standard InChI is InChI=1S/C12H14N4O/c1-8(2)11-10(12(13)17)7-16(15-11)9-4-3-5-14-6-9/h3-8H,1-2H3,(H2,13,17). The van der Waals surface area contributed by atoms with Crippen LogP contribution in [0.5, 0.6) is 0 Å². The van der Waals surface area contributed by atoms with Crippen molar-refractivity contribution in [1.82, 2.24) is 14.8 Å². The fourth-order valence-electron chi connectivity index (χ4n) is 1.63. The monoisotopic (exact) mass is 230 g/mol. The van der Waals surface area contributed by atoms with Crippen LogP contribution in [-0.4, -0.2) is 20.7 Å². The van der Waals surface area contributed by atoms with Gasteiger partial charge in [0, 0.05) is 12.4 Å². The number of pyridine rings is 1. The molecule has 2 rings (SSSR count). The van der Waals surface area contributed by atoms with Gasteiger partial charge in [-0.15, -0.1) is 0 Å². The molecule has 0 unspecified atom stereocenters. The van der Waals surface area contributed by atoms with Crippen molar-refractivity contribution >= 4 is 5.91 Å². The predicted octanol–water partition coefficient (Wildman–Crippen LogP) is 1.49. The Morgan fingerprint density at radius 1 is 1.47 bits per heavy atom. The van der Waals surface area contributed by atoms with Crippen LogP contribution in [0.4, 0.5) is 0 Å². The maximum atomic E-state index is 11.3. The molecule has 2 aromatic heterocycles. The van der Waals surface area contributed by atoms with Gasteiger partial charge >= 0.3 is 0 Å². The Balaban J connectivity index is 2.51. The minimum absolute atomic E-state index is 0.149. The van der Waals surface area contributed by atoms with Crippen molar-refractivity contribution in [2.75, 3.05) is 0 Å². The Hall–Kier alpha value is -2.17. The third-order valence-electron chi connectivity index (χ3n) is 2.47. The molecule has 0 aliphatic rings. The summed E-state index contributed by atoms with van der Waals surface area (Å²) in [4.78, 5) is 15.3. The molecule has 0 radical (unpaired) electrons. The van der Waals surface area contributed by atoms with Crippen molar-refractivity contribution in [2.45, 2.75) is 19.8 Å². The third kappa shape index (κ3) is 2.18. The van der Waals surface area contributed by atoms with Gasteiger partial charge in [-0.1, -0.05) is 13.8 Å². The molecule has 17 heavy (non-hydrogen) atoms. The zero-order chi connectivity index (χ0) is 12.4. The van der Waals surface area contributed by atoms with Crippen LogP contribution in [0.1, 0.15) is 35.8 Å². The average molecular weight is 230 g/mol. The van der Waals surface area contributed by atoms with Gasteiger partial charge in [0.15, 0.2) is 0 Å². The number of nitrogens with two attached hydrogens (primary N) is 1. The molecule has 2 aromatic rings. The van der Waals surface area contributed by atoms with E-state index < -0.39 is 5.91 Å². The molecular weight excluding hydrogens is 216 g/mol. The zero-order valence-corrected chi connectivity index (χ0v) is 9.79. The molecule has 0 spiro atoms. The Bertz CT molecular complexity index is 531. The lowest BCUT2D eigenvalue weighted by molar-refractivity contribution is 0.0999. The highest BCUT2D eigenvalue weighted by molar-refractivity contribution is 5.94. The fourth-order valence-corrected chi connectivity index (χ4v) is 1.63. The predicted molar refractivity (Wildman–Crippen MR) is 64.0 cm³/mol. The van der Waals surface area contributed by atoms with Crippen LogP contribution in [-0.2, 0) is 0 Å². The maximum absolute atomic E-state index is 11.3. The summed E-state index contributed by atoms with van der Waals surface area (Å²) in [7, 11) is 0. The van der Waals surface area contributed by atoms with E-state index >= 15 is 0 Å². The van der Waals surface area contributed by atoms with E-state index in [2.05, 4.69) is 10.1 Å². The van der Waals surface area contributed by atoms with Crippen LogP contribution in [0.25, 0.3) is 5.69 Å². The van der Waals surface area contributed by atoms with Crippen molar-refractivity contribution < 1.29 is 4.79 Å². The van der Waals surface area contributed by atoms with Crippen LogP contribution >= 0.6 is 0 Å². The lowest BCUT2D eigenvalue weighted by Crippen LogP contribution is -2.12. The number of rotatable bonds is 3. The zero-order valence-electron chi connectivity index (χ0n) is 9.79. The largest absolute Gasteiger partial charge is 0.365 e. The smallest absolute Gasteiger partial charge is 0.252 e. The molecule has 2 heterocycles. The van der Waals surface area contributed by atoms with Gasteiger partial charge in [0.25, 0.3) is 5.91 Å². The molecule has 5 heteroatoms. The van der Waals surface area contributed by atoms with Crippen molar-refractivity contribution in [2.24, 2.45) is 5.73 Å². The summed E-state index contributed by atoms with van der Waals surface area (Å²) in [5.41, 5.74) is 7.31. The highest BCUT2D eigenvalue weighted by Gasteiger charge is 2.16. The summed E-state index contributed by atoms with van der Waals surface area (Å²) in [5, 5.41) is 4.38. The van der Waals surface area contributed by atoms with Gasteiger partial charge in [0.1, 0.15) is 0 Å². The van der Waals surface area contributed by atoms with Gasteiger partial charge in [-0.3, -0.25) is 9.78 Å². The summed E-state index contributed by atoms with van der Waals surface area (Å²) in [6.07, 6.45) is 5.02. The van der Waals surface area contributed by atoms with Crippen LogP contribution < -0.4 is 5.73 Å². The summed E-state index contributed by atoms with van der Waals surface area (Å²) in [5.74, 6) is -0.306. The number of hydrogen-bond donors (Lipinski definition) is 1. The molecule has 0 saturated carbocycles. The number of carbonyl (C=O) groups is 1. The van der Waals surface area contributed by atoms with Crippen molar-refractivity contribution in [3.8, 4) is 5.69 Å². The molecular formula is C12H14N4O. The number of amides is 1. The third-order valence-corrected chi connectivity index (χ3v) is 2.47. The molecule has 0 aromatic carbocycles. The van der Waals surface area contributed by atoms with Gasteiger partial charge in [-0.2, -0.15) is 5.10 Å². The summed E-state index contributed by atoms with van der Waals surface area (Å²) in [6.45, 7) is 3.95. The Labute approximate surface area is 99.3 Å². The SMILES string of the molecule is CC(C)c1nn(-c2cccnc2)cc1C(N)=O. The molecule has 2 N–H and O–H groups in total. The second-order valence-corrected chi connectivity index (χ2v) is 4.10. The molecule has 1 amide bonds. The Kier molecular flexibility index (Phi) is 2.91. The normalized spacial score (nSPS) is 10.8. The average Bonchev–Trinajstić information content (AvgIpc) is 2.75. The van der Waals surface area contributed by atoms with Gasteiger partial charge in [-0.05, 0) is 18.1 Å². The number of hydrogen-bond acceptors (Lipinski definition) is 3. The molecule has 0 saturated heterocycles. The van der Waals surface area contributed by atoms with Gasteiger partial charge < -0.3 is 5.73 Å². The molecule has 0 bridgehead atoms. The molecule has 88 valence electrons. The minimum Gasteiger partial charge on any atom is -0.365 e. The van der Waals surface area contributed by atoms with Gasteiger partial charge in [0.2, 0.25) is 0 Å². The van der Waals surface area contributed by atoms with E-state index in [0.29, 0.717) is 11.3 Å². The lowest BCUT2D eigenvalue weighted by Gasteiger charge is -2.01. The van der Waals surface area contributed by atoms with Gasteiger partial charge in [0.05, 0.1) is 23.1 Å². The topological polar surface area (TPSA) is 73.8 Å². The fraction of sp³-hybridized carbons (Fsp3) is 0.250. The first-order valence-electron chi connectivity index (χ1n) is 5.39. The van der Waals surface area contributed by atoms with Crippen LogP contribution in [0, 0.1) is 0 Å². The van der Waals surface area contributed by atoms with Crippen LogP contribution in [0.3, 0.4) is 0 Å². The van der Waals surface area contributed by atoms with E-state index in [0.717, 1.165) is 5.69 Å². The molecule has 0 atom stereocenters. The number of carbonyl (C=O) groups excluding carboxylic acids is 1. The quantitative estimate of drug-likeness (QED) is 0.868. The maximum Gasteiger partial charge on any atom is 0.252 e. The first-order valence-corrected chi connectivity index (χ1v) is 5.39. The van der Waals surface area contributed by atoms with E-state index in [1.165, 1.54) is 0 Å². The second kappa shape index (κ2) is 4.37. The van der Waals surface area contributed by atoms with E-state index in [4.69, 9.17) is 5.73 Å². The van der Waals surface area contributed by atoms with E-state index in [1.807, 2.05) is 26.0 Å². The number of aromatic nitrogens is 3. The van der Waals surface area contributed by atoms with Crippen LogP contribution in [0.2, 0.25) is 0 Å². The van der Waals surface area contributed by atoms with Crippen LogP contribution in [0.15, 0.2) is 30.7 Å². The summed E-state index contributed by atoms with van der Waals surface area (Å²) in [6, 6.07) is 3.69. The first-order chi connectivity index (χ1) is 8.09. The second-order valence-electron chi connectivity index (χ2n) is 4.10. The van der Waals surface area contributed by atoms with Crippen molar-refractivity contribution in [3.05, 3.63) is 42.0 Å². The Morgan fingerprint density at radius 3 is 2.71 bits per heavy atom. The van der Waals surface area contributed by atoms with Crippen molar-refractivity contribution in [1.29, 1.82) is 0 Å².